The summed E-state index contributed by atoms with van der Waals surface area (Å²) in [7, 11) is 0. The second kappa shape index (κ2) is 3.44. The van der Waals surface area contributed by atoms with E-state index in [9.17, 15) is 0 Å². The molecule has 0 saturated carbocycles. The van der Waals surface area contributed by atoms with Gasteiger partial charge in [-0.05, 0) is 12.2 Å². The van der Waals surface area contributed by atoms with Gasteiger partial charge in [-0.1, -0.05) is 0 Å². The molecule has 0 aromatic carbocycles. The van der Waals surface area contributed by atoms with Gasteiger partial charge in [0.15, 0.2) is 10.4 Å². The summed E-state index contributed by atoms with van der Waals surface area (Å²) < 4.78 is 0.458. The van der Waals surface area contributed by atoms with Crippen molar-refractivity contribution in [2.75, 3.05) is 0 Å². The summed E-state index contributed by atoms with van der Waals surface area (Å²) in [4.78, 5) is 13.6. The molecule has 0 spiro atoms. The van der Waals surface area contributed by atoms with Crippen LogP contribution in [0.4, 0.5) is 0 Å². The van der Waals surface area contributed by atoms with Gasteiger partial charge in [0.05, 0.1) is 12.5 Å². The fourth-order valence-corrected chi connectivity index (χ4v) is 0.908. The molecule has 2 heterocycles. The van der Waals surface area contributed by atoms with E-state index in [2.05, 4.69) is 19.9 Å². The molecule has 0 aliphatic carbocycles. The van der Waals surface area contributed by atoms with Crippen molar-refractivity contribution in [1.82, 2.24) is 19.9 Å². The number of nitrogens with zero attached hydrogens (tertiary/aromatic N) is 2. The minimum atomic E-state index is 0. The van der Waals surface area contributed by atoms with E-state index >= 15 is 0 Å². The van der Waals surface area contributed by atoms with Gasteiger partial charge in [-0.25, -0.2) is 9.97 Å². The molecule has 6 heteroatoms. The minimum absolute atomic E-state index is 0. The number of rotatable bonds is 0. The van der Waals surface area contributed by atoms with Gasteiger partial charge in [-0.3, -0.25) is 0 Å². The van der Waals surface area contributed by atoms with E-state index < -0.39 is 0 Å². The van der Waals surface area contributed by atoms with Crippen LogP contribution in [0.15, 0.2) is 12.5 Å². The second-order valence-corrected chi connectivity index (χ2v) is 2.24. The third-order valence-corrected chi connectivity index (χ3v) is 1.41. The van der Waals surface area contributed by atoms with Crippen molar-refractivity contribution in [2.24, 2.45) is 0 Å². The molecule has 0 aliphatic rings. The van der Waals surface area contributed by atoms with Gasteiger partial charge in [-0.2, -0.15) is 0 Å². The fourth-order valence-electron chi connectivity index (χ4n) is 0.759. The number of imidazole rings is 1. The molecule has 0 fully saturated rings. The summed E-state index contributed by atoms with van der Waals surface area (Å²) in [5, 5.41) is 0. The van der Waals surface area contributed by atoms with E-state index in [1.807, 2.05) is 0 Å². The molecular formula is C5H4N4NaS. The Kier molecular flexibility index (Phi) is 2.78. The molecule has 2 rings (SSSR count). The molecule has 0 amide bonds. The number of hydrogen-bond acceptors (Lipinski definition) is 3. The van der Waals surface area contributed by atoms with Crippen LogP contribution < -0.4 is 0 Å². The van der Waals surface area contributed by atoms with E-state index in [4.69, 9.17) is 12.2 Å². The standard InChI is InChI=1S/C5H4N4S.Na/c10-5-6-1-3-4(9-5)8-2-7-3;/h1-2H,(H2,6,7,8,9,10);. The smallest absolute Gasteiger partial charge is 0.198 e. The van der Waals surface area contributed by atoms with Crippen molar-refractivity contribution < 1.29 is 0 Å². The summed E-state index contributed by atoms with van der Waals surface area (Å²) in [5.74, 6) is 0. The van der Waals surface area contributed by atoms with E-state index in [1.54, 1.807) is 12.5 Å². The summed E-state index contributed by atoms with van der Waals surface area (Å²) in [6, 6.07) is 0. The maximum absolute atomic E-state index is 4.78. The van der Waals surface area contributed by atoms with Crippen molar-refractivity contribution in [1.29, 1.82) is 0 Å². The molecule has 51 valence electrons. The molecule has 2 aromatic rings. The maximum Gasteiger partial charge on any atom is 0.198 e. The fraction of sp³-hybridized carbons (Fsp3) is 0. The largest absolute Gasteiger partial charge is 0.342 e. The topological polar surface area (TPSA) is 57.4 Å². The van der Waals surface area contributed by atoms with Gasteiger partial charge in [0, 0.05) is 29.6 Å². The molecule has 0 bridgehead atoms. The zero-order valence-corrected chi connectivity index (χ0v) is 8.77. The first-order valence-electron chi connectivity index (χ1n) is 2.75. The predicted molar refractivity (Wildman–Crippen MR) is 44.8 cm³/mol. The second-order valence-electron chi connectivity index (χ2n) is 1.85. The number of nitrogens with one attached hydrogen (secondary N) is 2. The Bertz CT molecular complexity index is 406. The number of aromatic nitrogens is 4. The van der Waals surface area contributed by atoms with Crippen LogP contribution in [0.25, 0.3) is 11.2 Å². The predicted octanol–water partition coefficient (Wildman–Crippen LogP) is 0.635. The van der Waals surface area contributed by atoms with Crippen LogP contribution in [0, 0.1) is 4.77 Å². The zero-order valence-electron chi connectivity index (χ0n) is 5.96. The monoisotopic (exact) mass is 175 g/mol. The molecule has 0 aliphatic heterocycles. The Morgan fingerprint density at radius 1 is 1.36 bits per heavy atom. The Hall–Kier alpha value is -0.230. The number of H-pyrrole nitrogens is 2. The van der Waals surface area contributed by atoms with E-state index in [0.717, 1.165) is 11.2 Å². The van der Waals surface area contributed by atoms with Crippen LogP contribution in [-0.4, -0.2) is 49.5 Å². The summed E-state index contributed by atoms with van der Waals surface area (Å²) in [6.45, 7) is 0. The quantitative estimate of drug-likeness (QED) is 0.456. The maximum atomic E-state index is 4.78. The van der Waals surface area contributed by atoms with Crippen LogP contribution in [0.2, 0.25) is 0 Å². The zero-order chi connectivity index (χ0) is 6.97. The first kappa shape index (κ1) is 8.86. The van der Waals surface area contributed by atoms with Crippen molar-refractivity contribution in [3.05, 3.63) is 17.3 Å². The Balaban J connectivity index is 0.000000605. The SMILES string of the molecule is S=c1ncc2[nH]cnc2[nH]1.[Na]. The normalized spacial score (nSPS) is 9.45. The molecular weight excluding hydrogens is 171 g/mol. The van der Waals surface area contributed by atoms with Crippen LogP contribution in [0.5, 0.6) is 0 Å². The van der Waals surface area contributed by atoms with E-state index in [-0.39, 0.29) is 29.6 Å². The van der Waals surface area contributed by atoms with Crippen LogP contribution in [0.1, 0.15) is 0 Å². The van der Waals surface area contributed by atoms with Gasteiger partial charge in [-0.15, -0.1) is 0 Å². The molecule has 4 nitrogen and oxygen atoms in total. The minimum Gasteiger partial charge on any atom is -0.342 e. The van der Waals surface area contributed by atoms with Gasteiger partial charge >= 0.3 is 0 Å². The van der Waals surface area contributed by atoms with E-state index in [0.29, 0.717) is 4.77 Å². The molecule has 11 heavy (non-hydrogen) atoms. The Labute approximate surface area is 89.8 Å². The first-order chi connectivity index (χ1) is 4.86. The van der Waals surface area contributed by atoms with Crippen molar-refractivity contribution in [3.63, 3.8) is 0 Å². The first-order valence-corrected chi connectivity index (χ1v) is 3.15. The van der Waals surface area contributed by atoms with Crippen LogP contribution >= 0.6 is 12.2 Å². The third-order valence-electron chi connectivity index (χ3n) is 1.21. The molecule has 0 saturated heterocycles. The summed E-state index contributed by atoms with van der Waals surface area (Å²) in [5.41, 5.74) is 1.62. The number of fused-ring (bicyclic) bond motifs is 1. The van der Waals surface area contributed by atoms with Gasteiger partial charge in [0.2, 0.25) is 0 Å². The van der Waals surface area contributed by atoms with Gasteiger partial charge < -0.3 is 9.97 Å². The third kappa shape index (κ3) is 1.67. The summed E-state index contributed by atoms with van der Waals surface area (Å²) >= 11 is 4.78. The van der Waals surface area contributed by atoms with Crippen molar-refractivity contribution in [2.45, 2.75) is 0 Å². The number of aromatic amines is 2. The van der Waals surface area contributed by atoms with Crippen molar-refractivity contribution >= 4 is 52.9 Å². The molecule has 0 atom stereocenters. The Morgan fingerprint density at radius 3 is 3.00 bits per heavy atom. The van der Waals surface area contributed by atoms with Crippen molar-refractivity contribution in [3.8, 4) is 0 Å². The summed E-state index contributed by atoms with van der Waals surface area (Å²) in [6.07, 6.45) is 3.25. The number of hydrogen-bond donors (Lipinski definition) is 2. The average molecular weight is 175 g/mol. The molecule has 0 unspecified atom stereocenters. The van der Waals surface area contributed by atoms with Gasteiger partial charge in [0.1, 0.15) is 5.52 Å². The molecule has 1 radical (unpaired) electrons. The van der Waals surface area contributed by atoms with Crippen LogP contribution in [0.3, 0.4) is 0 Å². The average Bonchev–Trinajstić information content (AvgIpc) is 2.33. The van der Waals surface area contributed by atoms with Gasteiger partial charge in [0.25, 0.3) is 0 Å². The van der Waals surface area contributed by atoms with E-state index in [1.165, 1.54) is 0 Å². The Morgan fingerprint density at radius 2 is 2.18 bits per heavy atom. The van der Waals surface area contributed by atoms with Crippen LogP contribution in [-0.2, 0) is 0 Å². The molecule has 2 aromatic heterocycles. The molecule has 2 N–H and O–H groups in total.